The average molecular weight is 368 g/mol. The summed E-state index contributed by atoms with van der Waals surface area (Å²) in [5.41, 5.74) is 1.38. The molecule has 2 aromatic heterocycles. The van der Waals surface area contributed by atoms with Crippen LogP contribution >= 0.6 is 11.8 Å². The monoisotopic (exact) mass is 368 g/mol. The van der Waals surface area contributed by atoms with E-state index in [2.05, 4.69) is 20.4 Å². The number of hydrogen-bond donors (Lipinski definition) is 1. The molecular weight excluding hydrogens is 352 g/mol. The van der Waals surface area contributed by atoms with Crippen molar-refractivity contribution in [3.63, 3.8) is 0 Å². The van der Waals surface area contributed by atoms with Crippen molar-refractivity contribution in [2.45, 2.75) is 18.0 Å². The molecule has 8 nitrogen and oxygen atoms in total. The highest BCUT2D eigenvalue weighted by Crippen LogP contribution is 2.29. The van der Waals surface area contributed by atoms with Gasteiger partial charge in [-0.1, -0.05) is 23.9 Å². The summed E-state index contributed by atoms with van der Waals surface area (Å²) in [6, 6.07) is 9.11. The van der Waals surface area contributed by atoms with E-state index in [-0.39, 0.29) is 17.6 Å². The first kappa shape index (κ1) is 16.5. The highest BCUT2D eigenvalue weighted by atomic mass is 32.2. The van der Waals surface area contributed by atoms with Crippen molar-refractivity contribution in [1.29, 1.82) is 0 Å². The Bertz CT molecular complexity index is 940. The van der Waals surface area contributed by atoms with E-state index in [9.17, 15) is 9.59 Å². The fraction of sp³-hybridized carbons (Fsp3) is 0.235. The molecule has 0 bridgehead atoms. The number of carbonyl (C=O) groups excluding carboxylic acids is 2. The van der Waals surface area contributed by atoms with Crippen LogP contribution in [-0.2, 0) is 9.59 Å². The predicted octanol–water partition coefficient (Wildman–Crippen LogP) is 1.98. The van der Waals surface area contributed by atoms with E-state index < -0.39 is 0 Å². The van der Waals surface area contributed by atoms with E-state index in [0.717, 1.165) is 12.1 Å². The van der Waals surface area contributed by atoms with Crippen LogP contribution in [-0.4, -0.2) is 43.7 Å². The molecule has 0 aliphatic carbocycles. The molecule has 2 amide bonds. The first-order valence-corrected chi connectivity index (χ1v) is 9.19. The predicted molar refractivity (Wildman–Crippen MR) is 98.2 cm³/mol. The second-order valence-electron chi connectivity index (χ2n) is 5.76. The third-order valence-electron chi connectivity index (χ3n) is 3.97. The number of thioether (sulfide) groups is 1. The average Bonchev–Trinajstić information content (AvgIpc) is 3.26. The topological polar surface area (TPSA) is 92.5 Å². The van der Waals surface area contributed by atoms with Gasteiger partial charge in [0.25, 0.3) is 5.78 Å². The zero-order valence-corrected chi connectivity index (χ0v) is 14.6. The van der Waals surface area contributed by atoms with E-state index in [4.69, 9.17) is 0 Å². The van der Waals surface area contributed by atoms with Gasteiger partial charge in [-0.15, -0.1) is 5.10 Å². The van der Waals surface area contributed by atoms with Crippen LogP contribution in [0.1, 0.15) is 12.8 Å². The molecule has 0 saturated carbocycles. The van der Waals surface area contributed by atoms with Crippen LogP contribution in [0.15, 0.2) is 47.9 Å². The molecule has 0 spiro atoms. The highest BCUT2D eigenvalue weighted by Gasteiger charge is 2.24. The lowest BCUT2D eigenvalue weighted by atomic mass is 10.2. The summed E-state index contributed by atoms with van der Waals surface area (Å²) in [5.74, 6) is 0.566. The van der Waals surface area contributed by atoms with Gasteiger partial charge >= 0.3 is 0 Å². The fourth-order valence-corrected chi connectivity index (χ4v) is 3.43. The number of nitrogens with zero attached hydrogens (tertiary/aromatic N) is 5. The minimum atomic E-state index is -0.180. The maximum absolute atomic E-state index is 12.3. The largest absolute Gasteiger partial charge is 0.324 e. The zero-order valence-electron chi connectivity index (χ0n) is 13.8. The van der Waals surface area contributed by atoms with E-state index in [1.54, 1.807) is 33.9 Å². The number of nitrogens with one attached hydrogen (secondary N) is 1. The molecule has 3 heterocycles. The lowest BCUT2D eigenvalue weighted by Crippen LogP contribution is -2.26. The molecule has 1 aliphatic rings. The molecule has 4 rings (SSSR count). The van der Waals surface area contributed by atoms with Crippen LogP contribution in [0.3, 0.4) is 0 Å². The summed E-state index contributed by atoms with van der Waals surface area (Å²) in [5, 5.41) is 7.62. The Morgan fingerprint density at radius 2 is 2.15 bits per heavy atom. The minimum absolute atomic E-state index is 0.0856. The van der Waals surface area contributed by atoms with Gasteiger partial charge in [0.2, 0.25) is 17.0 Å². The molecule has 0 unspecified atom stereocenters. The normalized spacial score (nSPS) is 14.2. The first-order valence-electron chi connectivity index (χ1n) is 8.20. The van der Waals surface area contributed by atoms with Crippen molar-refractivity contribution >= 4 is 40.7 Å². The molecule has 3 aromatic rings. The molecule has 1 saturated heterocycles. The summed E-state index contributed by atoms with van der Waals surface area (Å²) in [6.07, 6.45) is 4.78. The summed E-state index contributed by atoms with van der Waals surface area (Å²) in [6.45, 7) is 0.679. The zero-order chi connectivity index (χ0) is 17.9. The number of aromatic nitrogens is 4. The van der Waals surface area contributed by atoms with Crippen LogP contribution in [0.25, 0.3) is 5.78 Å². The van der Waals surface area contributed by atoms with E-state index in [1.807, 2.05) is 18.2 Å². The number of hydrogen-bond acceptors (Lipinski definition) is 6. The molecule has 1 N–H and O–H groups in total. The lowest BCUT2D eigenvalue weighted by Gasteiger charge is -2.19. The second kappa shape index (κ2) is 7.12. The molecule has 0 radical (unpaired) electrons. The molecule has 26 heavy (non-hydrogen) atoms. The fourth-order valence-electron chi connectivity index (χ4n) is 2.81. The lowest BCUT2D eigenvalue weighted by molar-refractivity contribution is -0.117. The van der Waals surface area contributed by atoms with Crippen LogP contribution in [0.4, 0.5) is 11.4 Å². The van der Waals surface area contributed by atoms with Gasteiger partial charge in [0.05, 0.1) is 17.1 Å². The van der Waals surface area contributed by atoms with Crippen molar-refractivity contribution in [1.82, 2.24) is 19.6 Å². The van der Waals surface area contributed by atoms with Gasteiger partial charge in [-0.2, -0.15) is 4.98 Å². The summed E-state index contributed by atoms with van der Waals surface area (Å²) in [4.78, 5) is 34.4. The van der Waals surface area contributed by atoms with Crippen LogP contribution in [0.2, 0.25) is 0 Å². The number of para-hydroxylation sites is 2. The van der Waals surface area contributed by atoms with Crippen molar-refractivity contribution < 1.29 is 9.59 Å². The third kappa shape index (κ3) is 3.38. The molecule has 1 fully saturated rings. The Balaban J connectivity index is 1.43. The number of benzene rings is 1. The third-order valence-corrected chi connectivity index (χ3v) is 4.81. The maximum Gasteiger partial charge on any atom is 0.253 e. The van der Waals surface area contributed by atoms with Gasteiger partial charge in [0.15, 0.2) is 0 Å². The molecule has 132 valence electrons. The number of rotatable bonds is 5. The maximum atomic E-state index is 12.3. The van der Waals surface area contributed by atoms with Crippen molar-refractivity contribution in [2.24, 2.45) is 0 Å². The number of fused-ring (bicyclic) bond motifs is 1. The standard InChI is InChI=1S/C17H16N6O2S/c24-14(11-26-17-20-16-18-8-4-10-23(16)21-17)19-12-5-1-2-6-13(12)22-9-3-7-15(22)25/h1-2,4-6,8,10H,3,7,9,11H2,(H,19,24). The van der Waals surface area contributed by atoms with Crippen LogP contribution < -0.4 is 10.2 Å². The molecule has 0 atom stereocenters. The van der Waals surface area contributed by atoms with Crippen molar-refractivity contribution in [3.05, 3.63) is 42.7 Å². The van der Waals surface area contributed by atoms with E-state index in [0.29, 0.717) is 29.6 Å². The van der Waals surface area contributed by atoms with Gasteiger partial charge in [0.1, 0.15) is 0 Å². The number of amides is 2. The van der Waals surface area contributed by atoms with Gasteiger partial charge in [-0.05, 0) is 24.6 Å². The summed E-state index contributed by atoms with van der Waals surface area (Å²) >= 11 is 1.24. The van der Waals surface area contributed by atoms with Gasteiger partial charge < -0.3 is 10.2 Å². The Hall–Kier alpha value is -2.94. The SMILES string of the molecule is O=C(CSc1nc2ncccn2n1)Nc1ccccc1N1CCCC1=O. The van der Waals surface area contributed by atoms with E-state index >= 15 is 0 Å². The Morgan fingerprint density at radius 3 is 2.96 bits per heavy atom. The molecule has 1 aliphatic heterocycles. The van der Waals surface area contributed by atoms with Gasteiger partial charge in [-0.3, -0.25) is 9.59 Å². The van der Waals surface area contributed by atoms with Crippen LogP contribution in [0, 0.1) is 0 Å². The van der Waals surface area contributed by atoms with E-state index in [1.165, 1.54) is 11.8 Å². The summed E-state index contributed by atoms with van der Waals surface area (Å²) < 4.78 is 1.56. The van der Waals surface area contributed by atoms with Gasteiger partial charge in [-0.25, -0.2) is 9.50 Å². The molecular formula is C17H16N6O2S. The summed E-state index contributed by atoms with van der Waals surface area (Å²) in [7, 11) is 0. The Kier molecular flexibility index (Phi) is 4.53. The highest BCUT2D eigenvalue weighted by molar-refractivity contribution is 7.99. The minimum Gasteiger partial charge on any atom is -0.324 e. The Labute approximate surface area is 153 Å². The molecule has 9 heteroatoms. The van der Waals surface area contributed by atoms with Crippen LogP contribution in [0.5, 0.6) is 0 Å². The first-order chi connectivity index (χ1) is 12.7. The number of carbonyl (C=O) groups is 2. The molecule has 1 aromatic carbocycles. The quantitative estimate of drug-likeness (QED) is 0.692. The smallest absolute Gasteiger partial charge is 0.253 e. The van der Waals surface area contributed by atoms with Crippen molar-refractivity contribution in [2.75, 3.05) is 22.5 Å². The Morgan fingerprint density at radius 1 is 1.27 bits per heavy atom. The number of anilines is 2. The second-order valence-corrected chi connectivity index (χ2v) is 6.70. The van der Waals surface area contributed by atoms with Crippen molar-refractivity contribution in [3.8, 4) is 0 Å². The van der Waals surface area contributed by atoms with Gasteiger partial charge in [0, 0.05) is 25.4 Å².